The number of anilines is 4. The minimum atomic E-state index is -0.659. The monoisotopic (exact) mass is 519 g/mol. The van der Waals surface area contributed by atoms with Crippen molar-refractivity contribution in [2.75, 3.05) is 22.5 Å². The number of aromatic hydroxyl groups is 1. The molecule has 2 aromatic heterocycles. The molecule has 1 atom stereocenters. The summed E-state index contributed by atoms with van der Waals surface area (Å²) in [5, 5.41) is 20.3. The number of aromatic nitrogens is 3. The Morgan fingerprint density at radius 1 is 1.05 bits per heavy atom. The fraction of sp³-hybridized carbons (Fsp3) is 0.138. The molecule has 0 radical (unpaired) electrons. The van der Waals surface area contributed by atoms with Gasteiger partial charge in [0.05, 0.1) is 6.04 Å². The summed E-state index contributed by atoms with van der Waals surface area (Å²) in [6.07, 6.45) is 4.94. The van der Waals surface area contributed by atoms with Gasteiger partial charge in [0, 0.05) is 41.2 Å². The van der Waals surface area contributed by atoms with Crippen LogP contribution in [0.4, 0.5) is 23.1 Å². The fourth-order valence-electron chi connectivity index (χ4n) is 4.37. The van der Waals surface area contributed by atoms with Gasteiger partial charge in [-0.2, -0.15) is 4.98 Å². The van der Waals surface area contributed by atoms with E-state index in [-0.39, 0.29) is 11.7 Å². The molecule has 10 heteroatoms. The Morgan fingerprint density at radius 2 is 1.87 bits per heavy atom. The van der Waals surface area contributed by atoms with Crippen molar-refractivity contribution in [3.05, 3.63) is 96.3 Å². The predicted octanol–water partition coefficient (Wildman–Crippen LogP) is 2.83. The molecular formula is C29H30BN7O2. The number of H-pyrrole nitrogens is 1. The predicted molar refractivity (Wildman–Crippen MR) is 159 cm³/mol. The first kappa shape index (κ1) is 25.8. The summed E-state index contributed by atoms with van der Waals surface area (Å²) in [4.78, 5) is 24.9. The minimum Gasteiger partial charge on any atom is -0.508 e. The largest absolute Gasteiger partial charge is 0.508 e. The van der Waals surface area contributed by atoms with Gasteiger partial charge in [0.15, 0.2) is 0 Å². The third-order valence-electron chi connectivity index (χ3n) is 6.43. The lowest BCUT2D eigenvalue weighted by Gasteiger charge is -2.14. The average molecular weight is 519 g/mol. The van der Waals surface area contributed by atoms with Crippen LogP contribution in [0.25, 0.3) is 10.9 Å². The third kappa shape index (κ3) is 6.55. The topological polar surface area (TPSA) is 141 Å². The second-order valence-electron chi connectivity index (χ2n) is 9.44. The van der Waals surface area contributed by atoms with E-state index in [1.165, 1.54) is 0 Å². The number of aromatic amines is 1. The Morgan fingerprint density at radius 3 is 2.72 bits per heavy atom. The quantitative estimate of drug-likeness (QED) is 0.156. The molecule has 5 rings (SSSR count). The van der Waals surface area contributed by atoms with Crippen molar-refractivity contribution in [1.29, 1.82) is 0 Å². The van der Waals surface area contributed by atoms with Crippen LogP contribution in [0.1, 0.15) is 11.1 Å². The molecule has 0 aliphatic rings. The maximum Gasteiger partial charge on any atom is 0.241 e. The van der Waals surface area contributed by atoms with Gasteiger partial charge in [-0.15, -0.1) is 0 Å². The molecule has 2 heterocycles. The highest BCUT2D eigenvalue weighted by molar-refractivity contribution is 6.35. The summed E-state index contributed by atoms with van der Waals surface area (Å²) in [5.41, 5.74) is 11.5. The Balaban J connectivity index is 1.19. The highest BCUT2D eigenvalue weighted by Crippen LogP contribution is 2.23. The third-order valence-corrected chi connectivity index (χ3v) is 6.43. The molecule has 1 amide bonds. The van der Waals surface area contributed by atoms with Crippen LogP contribution in [0.5, 0.6) is 5.75 Å². The van der Waals surface area contributed by atoms with E-state index >= 15 is 0 Å². The first-order chi connectivity index (χ1) is 18.9. The van der Waals surface area contributed by atoms with Crippen LogP contribution in [-0.4, -0.2) is 46.4 Å². The Hall–Kier alpha value is -4.83. The number of rotatable bonds is 10. The Kier molecular flexibility index (Phi) is 7.74. The molecule has 7 N–H and O–H groups in total. The summed E-state index contributed by atoms with van der Waals surface area (Å²) in [6.45, 7) is 0.657. The molecule has 0 saturated heterocycles. The molecule has 0 fully saturated rings. The van der Waals surface area contributed by atoms with Crippen molar-refractivity contribution in [2.24, 2.45) is 5.73 Å². The molecule has 0 aliphatic heterocycles. The van der Waals surface area contributed by atoms with Crippen LogP contribution in [0.2, 0.25) is 0 Å². The molecular weight excluding hydrogens is 489 g/mol. The number of phenols is 1. The number of carbonyl (C=O) groups excluding carboxylic acids is 1. The zero-order chi connectivity index (χ0) is 27.2. The maximum absolute atomic E-state index is 12.6. The first-order valence-corrected chi connectivity index (χ1v) is 12.8. The van der Waals surface area contributed by atoms with E-state index in [9.17, 15) is 9.90 Å². The molecule has 39 heavy (non-hydrogen) atoms. The number of benzene rings is 3. The van der Waals surface area contributed by atoms with Crippen molar-refractivity contribution >= 4 is 53.3 Å². The molecule has 0 spiro atoms. The number of phenolic OH excluding ortho intramolecular Hbond substituents is 1. The number of nitrogens with two attached hydrogens (primary N) is 1. The fourth-order valence-corrected chi connectivity index (χ4v) is 4.37. The van der Waals surface area contributed by atoms with Gasteiger partial charge in [0.25, 0.3) is 0 Å². The lowest BCUT2D eigenvalue weighted by Crippen LogP contribution is -2.37. The lowest BCUT2D eigenvalue weighted by molar-refractivity contribution is -0.117. The summed E-state index contributed by atoms with van der Waals surface area (Å²) in [7, 11) is 1.95. The number of amides is 1. The number of nitrogens with zero attached hydrogens (tertiary/aromatic N) is 2. The molecule has 1 unspecified atom stereocenters. The van der Waals surface area contributed by atoms with E-state index in [1.807, 2.05) is 74.7 Å². The molecule has 5 aromatic rings. The Bertz CT molecular complexity index is 1590. The smallest absolute Gasteiger partial charge is 0.241 e. The van der Waals surface area contributed by atoms with Gasteiger partial charge in [0.1, 0.15) is 19.4 Å². The molecule has 196 valence electrons. The van der Waals surface area contributed by atoms with E-state index in [4.69, 9.17) is 5.73 Å². The molecule has 0 bridgehead atoms. The van der Waals surface area contributed by atoms with Gasteiger partial charge < -0.3 is 31.8 Å². The van der Waals surface area contributed by atoms with E-state index < -0.39 is 6.04 Å². The average Bonchev–Trinajstić information content (AvgIpc) is 3.33. The van der Waals surface area contributed by atoms with Gasteiger partial charge >= 0.3 is 0 Å². The minimum absolute atomic E-state index is 0.248. The molecule has 9 nitrogen and oxygen atoms in total. The molecule has 3 aromatic carbocycles. The van der Waals surface area contributed by atoms with Crippen LogP contribution in [0.3, 0.4) is 0 Å². The zero-order valence-electron chi connectivity index (χ0n) is 21.6. The number of nitrogens with one attached hydrogen (secondary N) is 4. The lowest BCUT2D eigenvalue weighted by atomic mass is 9.99. The summed E-state index contributed by atoms with van der Waals surface area (Å²) in [6, 6.07) is 21.7. The van der Waals surface area contributed by atoms with Gasteiger partial charge in [-0.1, -0.05) is 36.4 Å². The number of hydrogen-bond acceptors (Lipinski definition) is 7. The summed E-state index contributed by atoms with van der Waals surface area (Å²) < 4.78 is 0. The van der Waals surface area contributed by atoms with Crippen molar-refractivity contribution in [2.45, 2.75) is 18.9 Å². The highest BCUT2D eigenvalue weighted by Gasteiger charge is 2.15. The number of carbonyl (C=O) groups is 1. The highest BCUT2D eigenvalue weighted by atomic mass is 16.3. The van der Waals surface area contributed by atoms with Crippen molar-refractivity contribution < 1.29 is 9.90 Å². The van der Waals surface area contributed by atoms with Gasteiger partial charge in [-0.25, -0.2) is 4.98 Å². The van der Waals surface area contributed by atoms with Crippen LogP contribution in [0, 0.1) is 0 Å². The van der Waals surface area contributed by atoms with E-state index in [0.717, 1.165) is 45.4 Å². The summed E-state index contributed by atoms with van der Waals surface area (Å²) >= 11 is 0. The normalized spacial score (nSPS) is 11.7. The van der Waals surface area contributed by atoms with Crippen molar-refractivity contribution in [3.63, 3.8) is 0 Å². The molecule has 0 aliphatic carbocycles. The van der Waals surface area contributed by atoms with E-state index in [0.29, 0.717) is 24.6 Å². The number of hydrogen-bond donors (Lipinski definition) is 6. The van der Waals surface area contributed by atoms with Crippen molar-refractivity contribution in [3.8, 4) is 5.75 Å². The molecule has 0 saturated carbocycles. The van der Waals surface area contributed by atoms with Crippen LogP contribution in [-0.2, 0) is 17.6 Å². The van der Waals surface area contributed by atoms with E-state index in [2.05, 4.69) is 30.9 Å². The van der Waals surface area contributed by atoms with Crippen LogP contribution >= 0.6 is 0 Å². The Labute approximate surface area is 227 Å². The number of fused-ring (bicyclic) bond motifs is 1. The zero-order valence-corrected chi connectivity index (χ0v) is 21.6. The second-order valence-corrected chi connectivity index (χ2v) is 9.44. The summed E-state index contributed by atoms with van der Waals surface area (Å²) in [5.74, 6) is 1.16. The van der Waals surface area contributed by atoms with Gasteiger partial charge in [-0.3, -0.25) is 4.79 Å². The first-order valence-electron chi connectivity index (χ1n) is 12.8. The van der Waals surface area contributed by atoms with E-state index in [1.54, 1.807) is 18.3 Å². The van der Waals surface area contributed by atoms with Crippen molar-refractivity contribution in [1.82, 2.24) is 15.0 Å². The SMILES string of the molecule is Bc1cnc(Nc2cccc(NC(=O)C(N)Cc3ccccc3)c2)nc1NCCc1c[nH]c2ccc(O)cc12. The van der Waals surface area contributed by atoms with Crippen LogP contribution < -0.4 is 27.1 Å². The van der Waals surface area contributed by atoms with Gasteiger partial charge in [0.2, 0.25) is 11.9 Å². The maximum atomic E-state index is 12.6. The van der Waals surface area contributed by atoms with Crippen LogP contribution in [0.15, 0.2) is 85.2 Å². The second kappa shape index (κ2) is 11.7. The standard InChI is InChI=1S/C29H30BN7O2/c30-24-17-34-29(37-27(24)32-12-11-19-16-33-26-10-9-22(38)15-23(19)26)36-21-8-4-7-20(14-21)35-28(39)25(31)13-18-5-2-1-3-6-18/h1-10,14-17,25,33,38H,11-13,30-31H2,(H,35,39)(H2,32,34,36,37). The van der Waals surface area contributed by atoms with Gasteiger partial charge in [-0.05, 0) is 65.8 Å².